The monoisotopic (exact) mass is 389 g/mol. The lowest BCUT2D eigenvalue weighted by Crippen LogP contribution is -2.33. The molecule has 1 atom stereocenters. The maximum atomic E-state index is 12.5. The Labute approximate surface area is 158 Å². The van der Waals surface area contributed by atoms with Crippen molar-refractivity contribution in [2.75, 3.05) is 13.1 Å². The molecule has 9 nitrogen and oxygen atoms in total. The SMILES string of the molecule is O=CN1CCCC(c2cn(Cc3ccc(-c4nnc(C(F)F)o4)cn3)nn2)C1. The molecular formula is C17H17F2N7O2. The van der Waals surface area contributed by atoms with Crippen molar-refractivity contribution in [1.82, 2.24) is 35.1 Å². The van der Waals surface area contributed by atoms with Crippen LogP contribution in [0.3, 0.4) is 0 Å². The lowest BCUT2D eigenvalue weighted by atomic mass is 9.96. The summed E-state index contributed by atoms with van der Waals surface area (Å²) in [5, 5.41) is 15.3. The third-order valence-electron chi connectivity index (χ3n) is 4.60. The van der Waals surface area contributed by atoms with Crippen LogP contribution in [-0.4, -0.2) is 54.6 Å². The van der Waals surface area contributed by atoms with E-state index >= 15 is 0 Å². The molecule has 1 amide bonds. The minimum atomic E-state index is -2.81. The van der Waals surface area contributed by atoms with Crippen molar-refractivity contribution in [3.63, 3.8) is 0 Å². The predicted molar refractivity (Wildman–Crippen MR) is 91.2 cm³/mol. The maximum absolute atomic E-state index is 12.5. The van der Waals surface area contributed by atoms with Crippen LogP contribution < -0.4 is 0 Å². The molecule has 3 aromatic rings. The van der Waals surface area contributed by atoms with Crippen molar-refractivity contribution in [3.8, 4) is 11.5 Å². The molecule has 0 bridgehead atoms. The molecule has 0 spiro atoms. The topological polar surface area (TPSA) is 103 Å². The lowest BCUT2D eigenvalue weighted by molar-refractivity contribution is -0.119. The number of amides is 1. The Morgan fingerprint density at radius 1 is 1.29 bits per heavy atom. The first kappa shape index (κ1) is 18.1. The molecule has 11 heteroatoms. The van der Waals surface area contributed by atoms with Crippen molar-refractivity contribution < 1.29 is 18.0 Å². The quantitative estimate of drug-likeness (QED) is 0.595. The smallest absolute Gasteiger partial charge is 0.314 e. The molecule has 4 heterocycles. The van der Waals surface area contributed by atoms with Crippen LogP contribution in [0.5, 0.6) is 0 Å². The van der Waals surface area contributed by atoms with Gasteiger partial charge >= 0.3 is 6.43 Å². The van der Waals surface area contributed by atoms with Crippen molar-refractivity contribution in [1.29, 1.82) is 0 Å². The molecule has 3 aromatic heterocycles. The Morgan fingerprint density at radius 2 is 2.18 bits per heavy atom. The number of likely N-dealkylation sites (tertiary alicyclic amines) is 1. The number of nitrogens with zero attached hydrogens (tertiary/aromatic N) is 7. The number of carbonyl (C=O) groups is 1. The average molecular weight is 389 g/mol. The first-order valence-electron chi connectivity index (χ1n) is 8.78. The largest absolute Gasteiger partial charge is 0.415 e. The van der Waals surface area contributed by atoms with Crippen molar-refractivity contribution in [3.05, 3.63) is 41.8 Å². The molecule has 1 unspecified atom stereocenters. The van der Waals surface area contributed by atoms with E-state index in [1.54, 1.807) is 21.7 Å². The van der Waals surface area contributed by atoms with Gasteiger partial charge < -0.3 is 9.32 Å². The van der Waals surface area contributed by atoms with Gasteiger partial charge in [0.25, 0.3) is 5.89 Å². The average Bonchev–Trinajstić information content (AvgIpc) is 3.39. The molecule has 0 aliphatic carbocycles. The zero-order chi connectivity index (χ0) is 19.5. The third kappa shape index (κ3) is 3.87. The summed E-state index contributed by atoms with van der Waals surface area (Å²) in [6.45, 7) is 1.84. The number of hydrogen-bond acceptors (Lipinski definition) is 7. The summed E-state index contributed by atoms with van der Waals surface area (Å²) in [5.41, 5.74) is 2.03. The Morgan fingerprint density at radius 3 is 2.89 bits per heavy atom. The Balaban J connectivity index is 1.42. The summed E-state index contributed by atoms with van der Waals surface area (Å²) in [6.07, 6.45) is 3.33. The Hall–Kier alpha value is -3.24. The van der Waals surface area contributed by atoms with Gasteiger partial charge in [-0.25, -0.2) is 4.68 Å². The van der Waals surface area contributed by atoms with Gasteiger partial charge in [0.1, 0.15) is 0 Å². The van der Waals surface area contributed by atoms with E-state index in [-0.39, 0.29) is 11.8 Å². The molecule has 0 saturated carbocycles. The first-order valence-corrected chi connectivity index (χ1v) is 8.78. The molecule has 146 valence electrons. The molecule has 0 N–H and O–H groups in total. The van der Waals surface area contributed by atoms with Crippen molar-refractivity contribution >= 4 is 6.41 Å². The molecule has 0 aromatic carbocycles. The predicted octanol–water partition coefficient (Wildman–Crippen LogP) is 2.04. The van der Waals surface area contributed by atoms with Crippen LogP contribution in [0, 0.1) is 0 Å². The summed E-state index contributed by atoms with van der Waals surface area (Å²) < 4.78 is 31.7. The zero-order valence-electron chi connectivity index (χ0n) is 14.8. The fourth-order valence-electron chi connectivity index (χ4n) is 3.17. The van der Waals surface area contributed by atoms with Gasteiger partial charge in [0, 0.05) is 31.4 Å². The molecule has 1 saturated heterocycles. The Kier molecular flexibility index (Phi) is 5.04. The summed E-state index contributed by atoms with van der Waals surface area (Å²) >= 11 is 0. The molecule has 0 radical (unpaired) electrons. The van der Waals surface area contributed by atoms with Crippen molar-refractivity contribution in [2.45, 2.75) is 31.7 Å². The van der Waals surface area contributed by atoms with Crippen LogP contribution >= 0.6 is 0 Å². The van der Waals surface area contributed by atoms with Gasteiger partial charge in [-0.2, -0.15) is 8.78 Å². The van der Waals surface area contributed by atoms with Crippen LogP contribution in [0.15, 0.2) is 28.9 Å². The van der Waals surface area contributed by atoms with Crippen LogP contribution in [-0.2, 0) is 11.3 Å². The molecular weight excluding hydrogens is 372 g/mol. The zero-order valence-corrected chi connectivity index (χ0v) is 14.8. The van der Waals surface area contributed by atoms with Gasteiger partial charge in [0.05, 0.1) is 23.5 Å². The first-order chi connectivity index (χ1) is 13.6. The summed E-state index contributed by atoms with van der Waals surface area (Å²) in [4.78, 5) is 17.0. The molecule has 28 heavy (non-hydrogen) atoms. The number of aromatic nitrogens is 6. The number of halogens is 2. The van der Waals surface area contributed by atoms with Crippen LogP contribution in [0.25, 0.3) is 11.5 Å². The Bertz CT molecular complexity index is 941. The van der Waals surface area contributed by atoms with E-state index in [0.717, 1.165) is 31.5 Å². The van der Waals surface area contributed by atoms with Gasteiger partial charge in [-0.1, -0.05) is 5.21 Å². The normalized spacial score (nSPS) is 17.2. The second-order valence-electron chi connectivity index (χ2n) is 6.56. The lowest BCUT2D eigenvalue weighted by Gasteiger charge is -2.28. The molecule has 1 aliphatic heterocycles. The van der Waals surface area contributed by atoms with Gasteiger partial charge in [-0.05, 0) is 25.0 Å². The van der Waals surface area contributed by atoms with Gasteiger partial charge in [0.15, 0.2) is 0 Å². The highest BCUT2D eigenvalue weighted by molar-refractivity contribution is 5.50. The molecule has 4 rings (SSSR count). The van der Waals surface area contributed by atoms with E-state index in [0.29, 0.717) is 24.3 Å². The minimum absolute atomic E-state index is 0.00516. The number of hydrogen-bond donors (Lipinski definition) is 0. The van der Waals surface area contributed by atoms with E-state index in [1.807, 2.05) is 6.20 Å². The van der Waals surface area contributed by atoms with Crippen molar-refractivity contribution in [2.24, 2.45) is 0 Å². The number of carbonyl (C=O) groups excluding carboxylic acids is 1. The fourth-order valence-corrected chi connectivity index (χ4v) is 3.17. The highest BCUT2D eigenvalue weighted by atomic mass is 19.3. The molecule has 1 aliphatic rings. The summed E-state index contributed by atoms with van der Waals surface area (Å²) in [5.74, 6) is -0.538. The van der Waals surface area contributed by atoms with Crippen LogP contribution in [0.1, 0.15) is 42.5 Å². The van der Waals surface area contributed by atoms with Gasteiger partial charge in [0.2, 0.25) is 12.3 Å². The van der Waals surface area contributed by atoms with E-state index in [1.165, 1.54) is 6.20 Å². The minimum Gasteiger partial charge on any atom is -0.415 e. The van der Waals surface area contributed by atoms with Gasteiger partial charge in [-0.15, -0.1) is 15.3 Å². The summed E-state index contributed by atoms with van der Waals surface area (Å²) in [7, 11) is 0. The van der Waals surface area contributed by atoms with Crippen LogP contribution in [0.2, 0.25) is 0 Å². The number of alkyl halides is 2. The highest BCUT2D eigenvalue weighted by Gasteiger charge is 2.23. The van der Waals surface area contributed by atoms with E-state index in [2.05, 4.69) is 25.5 Å². The van der Waals surface area contributed by atoms with E-state index < -0.39 is 12.3 Å². The van der Waals surface area contributed by atoms with E-state index in [4.69, 9.17) is 4.42 Å². The van der Waals surface area contributed by atoms with Gasteiger partial charge in [-0.3, -0.25) is 9.78 Å². The van der Waals surface area contributed by atoms with E-state index in [9.17, 15) is 13.6 Å². The maximum Gasteiger partial charge on any atom is 0.314 e. The number of piperidine rings is 1. The standard InChI is InChI=1S/C17H17F2N7O2/c18-15(19)17-23-22-16(28-17)11-3-4-13(20-6-11)8-26-9-14(21-24-26)12-2-1-5-25(7-12)10-27/h3-4,6,9-10,12,15H,1-2,5,7-8H2. The third-order valence-corrected chi connectivity index (χ3v) is 4.60. The summed E-state index contributed by atoms with van der Waals surface area (Å²) in [6, 6.07) is 3.41. The molecule has 1 fully saturated rings. The number of pyridine rings is 1. The van der Waals surface area contributed by atoms with Crippen LogP contribution in [0.4, 0.5) is 8.78 Å². The second-order valence-corrected chi connectivity index (χ2v) is 6.56. The highest BCUT2D eigenvalue weighted by Crippen LogP contribution is 2.25. The fraction of sp³-hybridized carbons (Fsp3) is 0.412. The number of rotatable bonds is 6. The second kappa shape index (κ2) is 7.79.